The van der Waals surface area contributed by atoms with Gasteiger partial charge in [0.15, 0.2) is 0 Å². The Bertz CT molecular complexity index is 377. The minimum absolute atomic E-state index is 0.415. The molecule has 0 atom stereocenters. The summed E-state index contributed by atoms with van der Waals surface area (Å²) in [6.45, 7) is 2.78. The number of hydrogen-bond donors (Lipinski definition) is 1. The highest BCUT2D eigenvalue weighted by Crippen LogP contribution is 2.44. The smallest absolute Gasteiger partial charge is 0.0587 e. The van der Waals surface area contributed by atoms with Crippen molar-refractivity contribution in [3.05, 3.63) is 34.9 Å². The van der Waals surface area contributed by atoms with E-state index in [1.54, 1.807) is 7.11 Å². The topological polar surface area (TPSA) is 21.3 Å². The van der Waals surface area contributed by atoms with Crippen molar-refractivity contribution in [2.75, 3.05) is 26.8 Å². The molecule has 2 rings (SSSR count). The first-order valence-electron chi connectivity index (χ1n) is 6.69. The third kappa shape index (κ3) is 3.47. The van der Waals surface area contributed by atoms with Crippen molar-refractivity contribution in [1.82, 2.24) is 5.32 Å². The second-order valence-corrected chi connectivity index (χ2v) is 5.70. The van der Waals surface area contributed by atoms with Gasteiger partial charge in [0.1, 0.15) is 0 Å². The Balaban J connectivity index is 1.90. The highest BCUT2D eigenvalue weighted by atomic mass is 35.5. The van der Waals surface area contributed by atoms with Crippen molar-refractivity contribution in [2.45, 2.75) is 25.7 Å². The molecule has 0 unspecified atom stereocenters. The number of nitrogens with one attached hydrogen (secondary N) is 1. The first-order valence-corrected chi connectivity index (χ1v) is 7.07. The fourth-order valence-electron chi connectivity index (χ4n) is 2.67. The second kappa shape index (κ2) is 6.55. The van der Waals surface area contributed by atoms with Crippen molar-refractivity contribution in [3.8, 4) is 0 Å². The van der Waals surface area contributed by atoms with E-state index in [0.717, 1.165) is 31.1 Å². The van der Waals surface area contributed by atoms with Gasteiger partial charge in [0.25, 0.3) is 0 Å². The van der Waals surface area contributed by atoms with Gasteiger partial charge in [-0.3, -0.25) is 0 Å². The van der Waals surface area contributed by atoms with Crippen LogP contribution in [0.2, 0.25) is 5.02 Å². The Labute approximate surface area is 115 Å². The van der Waals surface area contributed by atoms with Crippen LogP contribution in [-0.4, -0.2) is 26.8 Å². The van der Waals surface area contributed by atoms with Gasteiger partial charge in [-0.05, 0) is 36.3 Å². The largest absolute Gasteiger partial charge is 0.383 e. The minimum Gasteiger partial charge on any atom is -0.383 e. The Morgan fingerprint density at radius 3 is 2.72 bits per heavy atom. The van der Waals surface area contributed by atoms with Gasteiger partial charge in [0.2, 0.25) is 0 Å². The summed E-state index contributed by atoms with van der Waals surface area (Å²) in [6.07, 6.45) is 5.04. The van der Waals surface area contributed by atoms with Gasteiger partial charge in [-0.2, -0.15) is 0 Å². The predicted molar refractivity (Wildman–Crippen MR) is 76.2 cm³/mol. The summed E-state index contributed by atoms with van der Waals surface area (Å²) in [7, 11) is 1.74. The molecule has 0 heterocycles. The lowest BCUT2D eigenvalue weighted by molar-refractivity contribution is 0.123. The van der Waals surface area contributed by atoms with Crippen molar-refractivity contribution < 1.29 is 4.74 Å². The molecule has 0 aliphatic heterocycles. The summed E-state index contributed by atoms with van der Waals surface area (Å²) in [5.41, 5.74) is 1.70. The molecular formula is C15H22ClNO. The van der Waals surface area contributed by atoms with Crippen molar-refractivity contribution in [1.29, 1.82) is 0 Å². The zero-order valence-corrected chi connectivity index (χ0v) is 11.8. The third-order valence-corrected chi connectivity index (χ3v) is 4.29. The van der Waals surface area contributed by atoms with E-state index < -0.39 is 0 Å². The molecule has 1 aromatic rings. The van der Waals surface area contributed by atoms with Crippen LogP contribution in [0.4, 0.5) is 0 Å². The zero-order valence-electron chi connectivity index (χ0n) is 11.0. The fourth-order valence-corrected chi connectivity index (χ4v) is 2.87. The lowest BCUT2D eigenvalue weighted by Gasteiger charge is -2.42. The summed E-state index contributed by atoms with van der Waals surface area (Å²) in [5, 5.41) is 4.40. The van der Waals surface area contributed by atoms with Crippen molar-refractivity contribution in [3.63, 3.8) is 0 Å². The Morgan fingerprint density at radius 2 is 2.11 bits per heavy atom. The molecule has 2 nitrogen and oxygen atoms in total. The molecule has 1 aliphatic rings. The van der Waals surface area contributed by atoms with Crippen LogP contribution >= 0.6 is 11.6 Å². The van der Waals surface area contributed by atoms with Gasteiger partial charge < -0.3 is 10.1 Å². The molecule has 1 fully saturated rings. The second-order valence-electron chi connectivity index (χ2n) is 5.29. The van der Waals surface area contributed by atoms with Gasteiger partial charge in [0, 0.05) is 25.2 Å². The van der Waals surface area contributed by atoms with Crippen LogP contribution in [0.15, 0.2) is 24.3 Å². The molecule has 0 bridgehead atoms. The first kappa shape index (κ1) is 13.9. The highest BCUT2D eigenvalue weighted by molar-refractivity contribution is 6.31. The number of rotatable bonds is 7. The van der Waals surface area contributed by atoms with Crippen molar-refractivity contribution >= 4 is 11.6 Å². The van der Waals surface area contributed by atoms with Crippen LogP contribution in [0.5, 0.6) is 0 Å². The van der Waals surface area contributed by atoms with Crippen molar-refractivity contribution in [2.24, 2.45) is 5.41 Å². The molecule has 1 aliphatic carbocycles. The van der Waals surface area contributed by atoms with E-state index in [-0.39, 0.29) is 0 Å². The van der Waals surface area contributed by atoms with Crippen LogP contribution in [-0.2, 0) is 11.2 Å². The van der Waals surface area contributed by atoms with Gasteiger partial charge in [-0.15, -0.1) is 0 Å². The average molecular weight is 268 g/mol. The number of benzene rings is 1. The molecule has 3 heteroatoms. The molecule has 0 aromatic heterocycles. The Morgan fingerprint density at radius 1 is 1.33 bits per heavy atom. The minimum atomic E-state index is 0.415. The molecule has 18 heavy (non-hydrogen) atoms. The standard InChI is InChI=1S/C15H22ClNO/c1-18-10-9-17-12-15(7-4-8-15)11-13-5-2-3-6-14(13)16/h2-3,5-6,17H,4,7-12H2,1H3. The third-order valence-electron chi connectivity index (χ3n) is 3.92. The zero-order chi connectivity index (χ0) is 12.8. The highest BCUT2D eigenvalue weighted by Gasteiger charge is 2.36. The van der Waals surface area contributed by atoms with E-state index in [4.69, 9.17) is 16.3 Å². The molecular weight excluding hydrogens is 246 g/mol. The summed E-state index contributed by atoms with van der Waals surface area (Å²) in [4.78, 5) is 0. The van der Waals surface area contributed by atoms with E-state index in [2.05, 4.69) is 17.4 Å². The lowest BCUT2D eigenvalue weighted by Crippen LogP contribution is -2.42. The van der Waals surface area contributed by atoms with Crippen LogP contribution in [0, 0.1) is 5.41 Å². The maximum absolute atomic E-state index is 6.25. The van der Waals surface area contributed by atoms with E-state index in [9.17, 15) is 0 Å². The SMILES string of the molecule is COCCNCC1(Cc2ccccc2Cl)CCC1. The summed E-state index contributed by atoms with van der Waals surface area (Å²) >= 11 is 6.25. The summed E-state index contributed by atoms with van der Waals surface area (Å²) in [5.74, 6) is 0. The summed E-state index contributed by atoms with van der Waals surface area (Å²) in [6, 6.07) is 8.21. The molecule has 0 spiro atoms. The number of ether oxygens (including phenoxy) is 1. The van der Waals surface area contributed by atoms with E-state index >= 15 is 0 Å². The fraction of sp³-hybridized carbons (Fsp3) is 0.600. The molecule has 1 saturated carbocycles. The van der Waals surface area contributed by atoms with Gasteiger partial charge >= 0.3 is 0 Å². The molecule has 0 radical (unpaired) electrons. The van der Waals surface area contributed by atoms with Crippen LogP contribution < -0.4 is 5.32 Å². The Kier molecular flexibility index (Phi) is 5.04. The normalized spacial score (nSPS) is 17.4. The van der Waals surface area contributed by atoms with Crippen LogP contribution in [0.3, 0.4) is 0 Å². The predicted octanol–water partition coefficient (Wildman–Crippen LogP) is 3.29. The van der Waals surface area contributed by atoms with Gasteiger partial charge in [-0.25, -0.2) is 0 Å². The van der Waals surface area contributed by atoms with E-state index in [1.165, 1.54) is 24.8 Å². The van der Waals surface area contributed by atoms with E-state index in [1.807, 2.05) is 12.1 Å². The average Bonchev–Trinajstić information content (AvgIpc) is 2.33. The van der Waals surface area contributed by atoms with Gasteiger partial charge in [0.05, 0.1) is 6.61 Å². The molecule has 0 saturated heterocycles. The lowest BCUT2D eigenvalue weighted by atomic mass is 9.65. The number of halogens is 1. The number of hydrogen-bond acceptors (Lipinski definition) is 2. The van der Waals surface area contributed by atoms with Gasteiger partial charge in [-0.1, -0.05) is 36.2 Å². The molecule has 1 aromatic carbocycles. The van der Waals surface area contributed by atoms with Crippen LogP contribution in [0.1, 0.15) is 24.8 Å². The van der Waals surface area contributed by atoms with E-state index in [0.29, 0.717) is 5.41 Å². The maximum Gasteiger partial charge on any atom is 0.0587 e. The first-order chi connectivity index (χ1) is 8.76. The quantitative estimate of drug-likeness (QED) is 0.766. The molecule has 1 N–H and O–H groups in total. The summed E-state index contributed by atoms with van der Waals surface area (Å²) < 4.78 is 5.06. The Hall–Kier alpha value is -0.570. The molecule has 100 valence electrons. The number of methoxy groups -OCH3 is 1. The monoisotopic (exact) mass is 267 g/mol. The maximum atomic E-state index is 6.25. The molecule has 0 amide bonds. The van der Waals surface area contributed by atoms with Crippen LogP contribution in [0.25, 0.3) is 0 Å².